The highest BCUT2D eigenvalue weighted by molar-refractivity contribution is 7.89. The molecule has 3 aliphatic rings. The maximum absolute atomic E-state index is 13.8. The van der Waals surface area contributed by atoms with E-state index in [4.69, 9.17) is 10.3 Å². The normalized spacial score (nSPS) is 23.9. The summed E-state index contributed by atoms with van der Waals surface area (Å²) in [7, 11) is -0.708. The number of aromatic nitrogens is 1. The predicted octanol–water partition coefficient (Wildman–Crippen LogP) is 0.573. The van der Waals surface area contributed by atoms with E-state index in [9.17, 15) is 43.2 Å². The van der Waals surface area contributed by atoms with E-state index in [1.807, 2.05) is 0 Å². The van der Waals surface area contributed by atoms with E-state index >= 15 is 0 Å². The molecule has 0 saturated heterocycles. The number of fused-ring (bicyclic) bond motifs is 3. The molecule has 1 aromatic carbocycles. The number of carbonyl (C=O) groups is 3. The van der Waals surface area contributed by atoms with Crippen molar-refractivity contribution in [3.63, 3.8) is 0 Å². The summed E-state index contributed by atoms with van der Waals surface area (Å²) >= 11 is 0. The lowest BCUT2D eigenvalue weighted by molar-refractivity contribution is -0.147. The van der Waals surface area contributed by atoms with Crippen LogP contribution in [0, 0.1) is 25.7 Å². The van der Waals surface area contributed by atoms with Crippen LogP contribution in [-0.2, 0) is 37.4 Å². The molecule has 1 aromatic heterocycles. The van der Waals surface area contributed by atoms with Gasteiger partial charge in [-0.3, -0.25) is 14.4 Å². The molecule has 1 amide bonds. The molecule has 7 N–H and O–H groups in total. The topological polar surface area (TPSA) is 234 Å². The fourth-order valence-electron chi connectivity index (χ4n) is 6.36. The Balaban J connectivity index is 1.63. The minimum absolute atomic E-state index is 0.00443. The lowest BCUT2D eigenvalue weighted by atomic mass is 9.59. The highest BCUT2D eigenvalue weighted by Gasteiger charge is 2.60. The quantitative estimate of drug-likeness (QED) is 0.249. The van der Waals surface area contributed by atoms with Crippen molar-refractivity contribution in [2.75, 3.05) is 19.0 Å². The number of aromatic hydroxyl groups is 1. The first-order valence-electron chi connectivity index (χ1n) is 13.0. The maximum atomic E-state index is 13.8. The molecule has 1 saturated carbocycles. The van der Waals surface area contributed by atoms with Gasteiger partial charge in [0.05, 0.1) is 5.56 Å². The number of nitrogens with two attached hydrogens (primary N) is 1. The number of rotatable bonds is 6. The molecule has 42 heavy (non-hydrogen) atoms. The van der Waals surface area contributed by atoms with Crippen LogP contribution in [0.1, 0.15) is 41.0 Å². The van der Waals surface area contributed by atoms with E-state index in [1.54, 1.807) is 25.1 Å². The van der Waals surface area contributed by atoms with Crippen molar-refractivity contribution in [1.29, 1.82) is 0 Å². The zero-order chi connectivity index (χ0) is 31.0. The van der Waals surface area contributed by atoms with Gasteiger partial charge in [-0.25, -0.2) is 13.1 Å². The van der Waals surface area contributed by atoms with Crippen LogP contribution in [0.2, 0.25) is 0 Å². The largest absolute Gasteiger partial charge is 0.508 e. The van der Waals surface area contributed by atoms with Gasteiger partial charge in [-0.2, -0.15) is 0 Å². The SMILES string of the molecule is Cc1noc(C)c1S(=O)(=O)NCc1cc(N(C)C)c2c(c1O)C(O)=C1C(=O)[C@]3(O)C(O)=C(C(N)=O)C(=O)C[C@@H]3C[C@@H]1C2. The number of nitrogens with one attached hydrogen (secondary N) is 1. The molecule has 224 valence electrons. The second-order valence-electron chi connectivity index (χ2n) is 11.0. The number of phenolic OH excluding ortho intramolecular Hbond substituents is 1. The molecule has 3 aliphatic carbocycles. The Hall–Kier alpha value is -4.21. The Morgan fingerprint density at radius 1 is 1.21 bits per heavy atom. The van der Waals surface area contributed by atoms with Gasteiger partial charge in [0, 0.05) is 49.8 Å². The molecule has 3 atom stereocenters. The summed E-state index contributed by atoms with van der Waals surface area (Å²) in [5.74, 6) is -7.26. The van der Waals surface area contributed by atoms with Gasteiger partial charge >= 0.3 is 0 Å². The van der Waals surface area contributed by atoms with E-state index in [2.05, 4.69) is 9.88 Å². The third-order valence-electron chi connectivity index (χ3n) is 8.29. The monoisotopic (exact) mass is 602 g/mol. The van der Waals surface area contributed by atoms with Crippen molar-refractivity contribution in [2.45, 2.75) is 50.2 Å². The van der Waals surface area contributed by atoms with E-state index in [1.165, 1.54) is 13.8 Å². The lowest BCUT2D eigenvalue weighted by Gasteiger charge is -2.46. The molecular formula is C27H30N4O10S. The number of amides is 1. The molecule has 0 aliphatic heterocycles. The summed E-state index contributed by atoms with van der Waals surface area (Å²) in [6.45, 7) is 2.50. The molecule has 14 nitrogen and oxygen atoms in total. The molecule has 0 unspecified atom stereocenters. The number of anilines is 1. The van der Waals surface area contributed by atoms with E-state index in [-0.39, 0.29) is 45.9 Å². The third-order valence-corrected chi connectivity index (χ3v) is 9.93. The van der Waals surface area contributed by atoms with Crippen LogP contribution in [0.15, 0.2) is 32.4 Å². The molecule has 0 spiro atoms. The van der Waals surface area contributed by atoms with Crippen LogP contribution in [0.3, 0.4) is 0 Å². The molecule has 15 heteroatoms. The van der Waals surface area contributed by atoms with Gasteiger partial charge < -0.3 is 35.6 Å². The Morgan fingerprint density at radius 3 is 2.45 bits per heavy atom. The number of carbonyl (C=O) groups excluding carboxylic acids is 3. The zero-order valence-corrected chi connectivity index (χ0v) is 24.0. The number of benzene rings is 1. The second-order valence-corrected chi connectivity index (χ2v) is 12.7. The minimum atomic E-state index is -4.12. The van der Waals surface area contributed by atoms with Gasteiger partial charge in [0.15, 0.2) is 17.1 Å². The summed E-state index contributed by atoms with van der Waals surface area (Å²) in [5, 5.41) is 48.6. The fraction of sp³-hybridized carbons (Fsp3) is 0.407. The van der Waals surface area contributed by atoms with Gasteiger partial charge in [-0.15, -0.1) is 0 Å². The highest BCUT2D eigenvalue weighted by Crippen LogP contribution is 2.53. The van der Waals surface area contributed by atoms with Crippen molar-refractivity contribution in [1.82, 2.24) is 9.88 Å². The molecule has 1 heterocycles. The summed E-state index contributed by atoms with van der Waals surface area (Å²) in [5.41, 5.74) is 2.43. The van der Waals surface area contributed by atoms with Crippen LogP contribution in [-0.4, -0.2) is 71.2 Å². The van der Waals surface area contributed by atoms with Gasteiger partial charge in [0.2, 0.25) is 15.8 Å². The van der Waals surface area contributed by atoms with Crippen LogP contribution in [0.4, 0.5) is 5.69 Å². The number of aryl methyl sites for hydroxylation is 2. The summed E-state index contributed by atoms with van der Waals surface area (Å²) in [6.07, 6.45) is -0.311. The van der Waals surface area contributed by atoms with Crippen molar-refractivity contribution in [3.8, 4) is 5.75 Å². The van der Waals surface area contributed by atoms with Crippen LogP contribution < -0.4 is 15.4 Å². The lowest BCUT2D eigenvalue weighted by Crippen LogP contribution is -2.58. The molecule has 0 radical (unpaired) electrons. The van der Waals surface area contributed by atoms with Crippen LogP contribution in [0.25, 0.3) is 5.76 Å². The number of Topliss-reactive ketones (excluding diaryl/α,β-unsaturated/α-hetero) is 2. The number of hydrogen-bond donors (Lipinski definition) is 6. The van der Waals surface area contributed by atoms with Gasteiger partial charge in [-0.1, -0.05) is 5.16 Å². The van der Waals surface area contributed by atoms with Crippen molar-refractivity contribution in [3.05, 3.63) is 51.1 Å². The predicted molar refractivity (Wildman–Crippen MR) is 146 cm³/mol. The average molecular weight is 603 g/mol. The van der Waals surface area contributed by atoms with Crippen LogP contribution in [0.5, 0.6) is 5.75 Å². The number of nitrogens with zero attached hydrogens (tertiary/aromatic N) is 2. The number of sulfonamides is 1. The van der Waals surface area contributed by atoms with Crippen molar-refractivity contribution in [2.24, 2.45) is 17.6 Å². The standard InChI is InChI=1S/C27H30N4O10S/c1-10-23(11(2)41-30-10)42(39,40)29-9-13-7-16(31(3)4)15-6-12-5-14-8-17(32)20(26(28)37)25(36)27(14,38)24(35)18(12)22(34)19(15)21(13)33/h7,12,14,29,33-34,36,38H,5-6,8-9H2,1-4H3,(H2,28,37)/t12-,14+,27+/m1/s1. The molecular weight excluding hydrogens is 572 g/mol. The Bertz CT molecular complexity index is 1730. The first-order valence-corrected chi connectivity index (χ1v) is 14.5. The summed E-state index contributed by atoms with van der Waals surface area (Å²) < 4.78 is 33.4. The molecule has 5 rings (SSSR count). The first-order chi connectivity index (χ1) is 19.5. The third kappa shape index (κ3) is 4.10. The van der Waals surface area contributed by atoms with Gasteiger partial charge in [-0.05, 0) is 44.2 Å². The number of hydrogen-bond acceptors (Lipinski definition) is 12. The minimum Gasteiger partial charge on any atom is -0.508 e. The number of aliphatic hydroxyl groups is 3. The second kappa shape index (κ2) is 9.68. The van der Waals surface area contributed by atoms with Gasteiger partial charge in [0.25, 0.3) is 5.91 Å². The summed E-state index contributed by atoms with van der Waals surface area (Å²) in [4.78, 5) is 39.7. The number of ketones is 2. The van der Waals surface area contributed by atoms with Gasteiger partial charge in [0.1, 0.15) is 33.4 Å². The smallest absolute Gasteiger partial charge is 0.255 e. The molecule has 0 bridgehead atoms. The fourth-order valence-corrected chi connectivity index (χ4v) is 7.69. The van der Waals surface area contributed by atoms with Crippen molar-refractivity contribution < 1.29 is 47.8 Å². The number of primary amides is 1. The maximum Gasteiger partial charge on any atom is 0.255 e. The number of aliphatic hydroxyl groups excluding tert-OH is 2. The Morgan fingerprint density at radius 2 is 1.88 bits per heavy atom. The number of phenols is 1. The van der Waals surface area contributed by atoms with E-state index in [0.717, 1.165) is 0 Å². The highest BCUT2D eigenvalue weighted by atomic mass is 32.2. The molecule has 2 aromatic rings. The zero-order valence-electron chi connectivity index (χ0n) is 23.2. The summed E-state index contributed by atoms with van der Waals surface area (Å²) in [6, 6.07) is 1.56. The van der Waals surface area contributed by atoms with E-state index < -0.39 is 80.7 Å². The van der Waals surface area contributed by atoms with E-state index in [0.29, 0.717) is 11.3 Å². The van der Waals surface area contributed by atoms with Crippen molar-refractivity contribution >= 4 is 38.9 Å². The first kappa shape index (κ1) is 29.3. The van der Waals surface area contributed by atoms with Crippen LogP contribution >= 0.6 is 0 Å². The Labute approximate surface area is 240 Å². The Kier molecular flexibility index (Phi) is 6.75. The average Bonchev–Trinajstić information content (AvgIpc) is 3.23. The molecule has 1 fully saturated rings.